The predicted octanol–water partition coefficient (Wildman–Crippen LogP) is 5.55. The number of aromatic nitrogens is 2. The Bertz CT molecular complexity index is 1320. The molecule has 9 nitrogen and oxygen atoms in total. The van der Waals surface area contributed by atoms with Crippen molar-refractivity contribution in [3.8, 4) is 17.2 Å². The number of nitrogens with one attached hydrogen (secondary N) is 3. The molecule has 0 atom stereocenters. The summed E-state index contributed by atoms with van der Waals surface area (Å²) in [6, 6.07) is 21.7. The maximum atomic E-state index is 12.7. The summed E-state index contributed by atoms with van der Waals surface area (Å²) in [5, 5.41) is 9.35. The molecule has 4 rings (SSSR count). The number of anilines is 5. The van der Waals surface area contributed by atoms with Crippen LogP contribution in [0.5, 0.6) is 17.2 Å². The molecule has 0 fully saturated rings. The van der Waals surface area contributed by atoms with Gasteiger partial charge in [0.25, 0.3) is 5.91 Å². The van der Waals surface area contributed by atoms with Gasteiger partial charge in [-0.3, -0.25) is 4.79 Å². The van der Waals surface area contributed by atoms with Crippen molar-refractivity contribution in [3.63, 3.8) is 0 Å². The molecule has 9 heteroatoms. The summed E-state index contributed by atoms with van der Waals surface area (Å²) in [4.78, 5) is 21.7. The lowest BCUT2D eigenvalue weighted by molar-refractivity contribution is 0.102. The van der Waals surface area contributed by atoms with Gasteiger partial charge in [-0.1, -0.05) is 0 Å². The molecule has 3 aromatic carbocycles. The van der Waals surface area contributed by atoms with Gasteiger partial charge >= 0.3 is 0 Å². The second-order valence-corrected chi connectivity index (χ2v) is 7.83. The summed E-state index contributed by atoms with van der Waals surface area (Å²) in [7, 11) is 4.71. The molecule has 3 N–H and O–H groups in total. The monoisotopic (exact) mass is 485 g/mol. The van der Waals surface area contributed by atoms with E-state index in [2.05, 4.69) is 25.9 Å². The average Bonchev–Trinajstić information content (AvgIpc) is 2.89. The number of carbonyl (C=O) groups excluding carboxylic acids is 1. The van der Waals surface area contributed by atoms with Gasteiger partial charge in [0.05, 0.1) is 21.3 Å². The SMILES string of the molecule is COc1ccc(Nc2cc(C)nc(Nc3ccc(NC(=O)c4cc(OC)cc(OC)c4)cc3)n2)cc1. The van der Waals surface area contributed by atoms with Crippen LogP contribution in [0.2, 0.25) is 0 Å². The van der Waals surface area contributed by atoms with E-state index in [1.54, 1.807) is 37.4 Å². The van der Waals surface area contributed by atoms with Gasteiger partial charge < -0.3 is 30.2 Å². The van der Waals surface area contributed by atoms with Crippen molar-refractivity contribution in [2.24, 2.45) is 0 Å². The lowest BCUT2D eigenvalue weighted by Gasteiger charge is -2.12. The van der Waals surface area contributed by atoms with Gasteiger partial charge in [0.1, 0.15) is 23.1 Å². The Kier molecular flexibility index (Phi) is 7.50. The van der Waals surface area contributed by atoms with E-state index in [0.717, 1.165) is 22.8 Å². The van der Waals surface area contributed by atoms with E-state index in [1.165, 1.54) is 14.2 Å². The number of ether oxygens (including phenoxy) is 3. The minimum Gasteiger partial charge on any atom is -0.497 e. The Morgan fingerprint density at radius 2 is 1.22 bits per heavy atom. The summed E-state index contributed by atoms with van der Waals surface area (Å²) >= 11 is 0. The second-order valence-electron chi connectivity index (χ2n) is 7.83. The van der Waals surface area contributed by atoms with Crippen molar-refractivity contribution in [2.45, 2.75) is 6.92 Å². The van der Waals surface area contributed by atoms with Crippen LogP contribution in [0.25, 0.3) is 0 Å². The van der Waals surface area contributed by atoms with Crippen LogP contribution in [0, 0.1) is 6.92 Å². The van der Waals surface area contributed by atoms with Crippen LogP contribution in [0.15, 0.2) is 72.8 Å². The molecule has 1 amide bonds. The zero-order valence-corrected chi connectivity index (χ0v) is 20.5. The molecular weight excluding hydrogens is 458 g/mol. The Hall–Kier alpha value is -4.79. The van der Waals surface area contributed by atoms with Crippen molar-refractivity contribution in [3.05, 3.63) is 84.1 Å². The number of rotatable bonds is 9. The zero-order valence-electron chi connectivity index (χ0n) is 20.5. The van der Waals surface area contributed by atoms with Gasteiger partial charge in [0.2, 0.25) is 5.95 Å². The quantitative estimate of drug-likeness (QED) is 0.283. The highest BCUT2D eigenvalue weighted by Crippen LogP contribution is 2.25. The van der Waals surface area contributed by atoms with E-state index in [0.29, 0.717) is 34.5 Å². The highest BCUT2D eigenvalue weighted by atomic mass is 16.5. The number of amides is 1. The van der Waals surface area contributed by atoms with Crippen LogP contribution in [-0.2, 0) is 0 Å². The number of hydrogen-bond acceptors (Lipinski definition) is 8. The number of carbonyl (C=O) groups is 1. The van der Waals surface area contributed by atoms with Gasteiger partial charge in [-0.2, -0.15) is 4.98 Å². The molecule has 0 aliphatic heterocycles. The third-order valence-corrected chi connectivity index (χ3v) is 5.23. The molecule has 0 aliphatic carbocycles. The molecule has 0 bridgehead atoms. The first-order chi connectivity index (χ1) is 17.4. The van der Waals surface area contributed by atoms with Crippen LogP contribution in [-0.4, -0.2) is 37.2 Å². The van der Waals surface area contributed by atoms with Crippen LogP contribution in [0.1, 0.15) is 16.1 Å². The van der Waals surface area contributed by atoms with Crippen LogP contribution in [0.3, 0.4) is 0 Å². The molecule has 4 aromatic rings. The fourth-order valence-corrected chi connectivity index (χ4v) is 3.42. The summed E-state index contributed by atoms with van der Waals surface area (Å²) in [5.74, 6) is 2.70. The van der Waals surface area contributed by atoms with E-state index in [1.807, 2.05) is 49.4 Å². The first kappa shape index (κ1) is 24.3. The molecule has 1 aromatic heterocycles. The zero-order chi connectivity index (χ0) is 25.5. The van der Waals surface area contributed by atoms with Crippen molar-refractivity contribution in [1.29, 1.82) is 0 Å². The molecule has 0 saturated carbocycles. The van der Waals surface area contributed by atoms with Crippen LogP contribution < -0.4 is 30.2 Å². The smallest absolute Gasteiger partial charge is 0.255 e. The van der Waals surface area contributed by atoms with Gasteiger partial charge in [-0.25, -0.2) is 4.98 Å². The summed E-state index contributed by atoms with van der Waals surface area (Å²) < 4.78 is 15.7. The van der Waals surface area contributed by atoms with Crippen molar-refractivity contribution >= 4 is 34.7 Å². The third kappa shape index (κ3) is 6.20. The summed E-state index contributed by atoms with van der Waals surface area (Å²) in [6.07, 6.45) is 0. The van der Waals surface area contributed by atoms with Gasteiger partial charge in [-0.15, -0.1) is 0 Å². The van der Waals surface area contributed by atoms with Crippen molar-refractivity contribution in [1.82, 2.24) is 9.97 Å². The molecule has 184 valence electrons. The standard InChI is InChI=1S/C27H27N5O4/c1-17-13-25(29-19-9-11-22(34-2)12-10-19)32-27(28-17)31-21-7-5-20(6-8-21)30-26(33)18-14-23(35-3)16-24(15-18)36-4/h5-16H,1-4H3,(H,30,33)(H2,28,29,31,32). The van der Waals surface area contributed by atoms with Crippen molar-refractivity contribution < 1.29 is 19.0 Å². The van der Waals surface area contributed by atoms with E-state index in [9.17, 15) is 4.79 Å². The molecule has 0 radical (unpaired) electrons. The fraction of sp³-hybridized carbons (Fsp3) is 0.148. The predicted molar refractivity (Wildman–Crippen MR) is 140 cm³/mol. The molecule has 0 saturated heterocycles. The van der Waals surface area contributed by atoms with E-state index >= 15 is 0 Å². The Labute approximate surface area is 209 Å². The Morgan fingerprint density at radius 3 is 1.83 bits per heavy atom. The molecule has 0 aliphatic rings. The van der Waals surface area contributed by atoms with E-state index in [4.69, 9.17) is 14.2 Å². The maximum Gasteiger partial charge on any atom is 0.255 e. The third-order valence-electron chi connectivity index (χ3n) is 5.23. The van der Waals surface area contributed by atoms with E-state index < -0.39 is 0 Å². The first-order valence-electron chi connectivity index (χ1n) is 11.1. The highest BCUT2D eigenvalue weighted by Gasteiger charge is 2.11. The lowest BCUT2D eigenvalue weighted by atomic mass is 10.1. The average molecular weight is 486 g/mol. The molecule has 0 spiro atoms. The first-order valence-corrected chi connectivity index (χ1v) is 11.1. The number of benzene rings is 3. The number of nitrogens with zero attached hydrogens (tertiary/aromatic N) is 2. The Morgan fingerprint density at radius 1 is 0.667 bits per heavy atom. The minimum absolute atomic E-state index is 0.274. The normalized spacial score (nSPS) is 10.3. The Balaban J connectivity index is 1.43. The second kappa shape index (κ2) is 11.1. The van der Waals surface area contributed by atoms with Gasteiger partial charge in [0, 0.05) is 40.5 Å². The number of aryl methyl sites for hydroxylation is 1. The summed E-state index contributed by atoms with van der Waals surface area (Å²) in [6.45, 7) is 1.90. The fourth-order valence-electron chi connectivity index (χ4n) is 3.42. The topological polar surface area (TPSA) is 107 Å². The van der Waals surface area contributed by atoms with Crippen LogP contribution in [0.4, 0.5) is 28.8 Å². The molecular formula is C27H27N5O4. The van der Waals surface area contributed by atoms with Crippen LogP contribution >= 0.6 is 0 Å². The minimum atomic E-state index is -0.274. The molecule has 0 unspecified atom stereocenters. The number of hydrogen-bond donors (Lipinski definition) is 3. The largest absolute Gasteiger partial charge is 0.497 e. The molecule has 36 heavy (non-hydrogen) atoms. The highest BCUT2D eigenvalue weighted by molar-refractivity contribution is 6.04. The number of methoxy groups -OCH3 is 3. The maximum absolute atomic E-state index is 12.7. The van der Waals surface area contributed by atoms with E-state index in [-0.39, 0.29) is 5.91 Å². The summed E-state index contributed by atoms with van der Waals surface area (Å²) in [5.41, 5.74) is 3.53. The lowest BCUT2D eigenvalue weighted by Crippen LogP contribution is -2.12. The van der Waals surface area contributed by atoms with Gasteiger partial charge in [0.15, 0.2) is 0 Å². The van der Waals surface area contributed by atoms with Crippen molar-refractivity contribution in [2.75, 3.05) is 37.3 Å². The van der Waals surface area contributed by atoms with Gasteiger partial charge in [-0.05, 0) is 67.6 Å². The molecule has 1 heterocycles.